The van der Waals surface area contributed by atoms with Crippen molar-refractivity contribution in [2.24, 2.45) is 0 Å². The van der Waals surface area contributed by atoms with Gasteiger partial charge in [0.2, 0.25) is 0 Å². The van der Waals surface area contributed by atoms with Crippen LogP contribution in [0.1, 0.15) is 17.0 Å². The molecular weight excluding hydrogens is 326 g/mol. The first kappa shape index (κ1) is 16.1. The molecule has 0 fully saturated rings. The van der Waals surface area contributed by atoms with E-state index in [4.69, 9.17) is 4.74 Å². The summed E-state index contributed by atoms with van der Waals surface area (Å²) in [4.78, 5) is 20.4. The van der Waals surface area contributed by atoms with Crippen molar-refractivity contribution in [1.29, 1.82) is 0 Å². The van der Waals surface area contributed by atoms with Crippen LogP contribution in [0.3, 0.4) is 0 Å². The predicted molar refractivity (Wildman–Crippen MR) is 101 cm³/mol. The van der Waals surface area contributed by atoms with Gasteiger partial charge in [-0.1, -0.05) is 30.3 Å². The first-order valence-corrected chi connectivity index (χ1v) is 8.45. The number of hydrogen-bond acceptors (Lipinski definition) is 3. The van der Waals surface area contributed by atoms with Gasteiger partial charge in [0.25, 0.3) is 5.56 Å². The second-order valence-corrected chi connectivity index (χ2v) is 6.23. The second-order valence-electron chi connectivity index (χ2n) is 6.23. The van der Waals surface area contributed by atoms with Crippen LogP contribution in [0.25, 0.3) is 17.1 Å². The predicted octanol–water partition coefficient (Wildman–Crippen LogP) is 3.57. The van der Waals surface area contributed by atoms with E-state index in [0.717, 1.165) is 28.3 Å². The summed E-state index contributed by atoms with van der Waals surface area (Å²) in [6.45, 7) is 1.74. The molecule has 26 heavy (non-hydrogen) atoms. The third-order valence-corrected chi connectivity index (χ3v) is 4.47. The molecule has 2 heterocycles. The average Bonchev–Trinajstić information content (AvgIpc) is 2.97. The number of hydrogen-bond donors (Lipinski definition) is 1. The monoisotopic (exact) mass is 345 g/mol. The normalized spacial score (nSPS) is 11.0. The summed E-state index contributed by atoms with van der Waals surface area (Å²) in [5.74, 6) is 1.47. The maximum atomic E-state index is 12.5. The van der Waals surface area contributed by atoms with E-state index in [1.807, 2.05) is 48.7 Å². The van der Waals surface area contributed by atoms with E-state index in [1.165, 1.54) is 0 Å². The van der Waals surface area contributed by atoms with E-state index in [-0.39, 0.29) is 5.56 Å². The lowest BCUT2D eigenvalue weighted by atomic mass is 10.1. The molecule has 0 saturated heterocycles. The number of ether oxygens (including phenoxy) is 1. The zero-order chi connectivity index (χ0) is 18.1. The molecule has 5 nitrogen and oxygen atoms in total. The van der Waals surface area contributed by atoms with Crippen LogP contribution in [-0.2, 0) is 6.42 Å². The van der Waals surface area contributed by atoms with Crippen molar-refractivity contribution >= 4 is 0 Å². The summed E-state index contributed by atoms with van der Waals surface area (Å²) in [7, 11) is 1.64. The summed E-state index contributed by atoms with van der Waals surface area (Å²) >= 11 is 0. The number of aryl methyl sites for hydroxylation is 1. The zero-order valence-corrected chi connectivity index (χ0v) is 14.7. The fraction of sp³-hybridized carbons (Fsp3) is 0.143. The smallest absolute Gasteiger partial charge is 0.277 e. The molecule has 0 aliphatic carbocycles. The molecule has 4 rings (SSSR count). The van der Waals surface area contributed by atoms with Crippen molar-refractivity contribution in [2.75, 3.05) is 7.11 Å². The summed E-state index contributed by atoms with van der Waals surface area (Å²) in [5.41, 5.74) is 4.33. The molecule has 1 N–H and O–H groups in total. The van der Waals surface area contributed by atoms with Gasteiger partial charge in [-0.2, -0.15) is 0 Å². The number of imidazole rings is 1. The van der Waals surface area contributed by atoms with Gasteiger partial charge in [-0.05, 0) is 42.3 Å². The quantitative estimate of drug-likeness (QED) is 0.615. The minimum atomic E-state index is -0.0851. The zero-order valence-electron chi connectivity index (χ0n) is 14.7. The largest absolute Gasteiger partial charge is 0.497 e. The van der Waals surface area contributed by atoms with Crippen molar-refractivity contribution in [2.45, 2.75) is 13.3 Å². The fourth-order valence-electron chi connectivity index (χ4n) is 3.08. The highest BCUT2D eigenvalue weighted by molar-refractivity contribution is 5.61. The first-order valence-electron chi connectivity index (χ1n) is 8.45. The Morgan fingerprint density at radius 3 is 2.50 bits per heavy atom. The van der Waals surface area contributed by atoms with Crippen molar-refractivity contribution in [1.82, 2.24) is 14.5 Å². The van der Waals surface area contributed by atoms with Crippen molar-refractivity contribution in [3.63, 3.8) is 0 Å². The maximum absolute atomic E-state index is 12.5. The molecule has 130 valence electrons. The second kappa shape index (κ2) is 6.52. The van der Waals surface area contributed by atoms with E-state index >= 15 is 0 Å². The third-order valence-electron chi connectivity index (χ3n) is 4.47. The number of nitrogens with one attached hydrogen (secondary N) is 1. The van der Waals surface area contributed by atoms with Crippen LogP contribution in [0.4, 0.5) is 0 Å². The highest BCUT2D eigenvalue weighted by atomic mass is 16.5. The molecule has 2 aliphatic heterocycles. The van der Waals surface area contributed by atoms with Gasteiger partial charge < -0.3 is 9.72 Å². The van der Waals surface area contributed by atoms with Crippen LogP contribution in [0.5, 0.6) is 5.75 Å². The van der Waals surface area contributed by atoms with Crippen LogP contribution >= 0.6 is 0 Å². The number of rotatable bonds is 4. The van der Waals surface area contributed by atoms with Gasteiger partial charge in [-0.3, -0.25) is 9.36 Å². The molecule has 0 atom stereocenters. The molecule has 5 heteroatoms. The lowest BCUT2D eigenvalue weighted by molar-refractivity contribution is 0.415. The van der Waals surface area contributed by atoms with Crippen LogP contribution in [0.2, 0.25) is 0 Å². The summed E-state index contributed by atoms with van der Waals surface area (Å²) < 4.78 is 6.85. The standard InChI is InChI=1S/C21H19N3O2/c1-14-21(25)24-13-19(16-8-10-17(26-2)11-9-16)23-18(20(24)22-14)12-15-6-4-3-5-7-15/h3-11,13,23H,12H2,1-2H3. The number of methoxy groups -OCH3 is 1. The van der Waals surface area contributed by atoms with Gasteiger partial charge in [0.15, 0.2) is 5.82 Å². The molecule has 2 aliphatic rings. The SMILES string of the molecule is COc1ccc(-c2cn3c(=O)c(C)nc-3c(Cc3ccccc3)[nH]2)cc1. The first-order chi connectivity index (χ1) is 12.7. The number of fused-ring (bicyclic) bond motifs is 1. The molecule has 2 aromatic carbocycles. The van der Waals surface area contributed by atoms with Crippen LogP contribution in [0, 0.1) is 6.92 Å². The molecule has 2 aromatic rings. The van der Waals surface area contributed by atoms with Gasteiger partial charge in [0, 0.05) is 12.6 Å². The average molecular weight is 345 g/mol. The topological polar surface area (TPSA) is 59.9 Å². The number of aromatic amines is 1. The van der Waals surface area contributed by atoms with Gasteiger partial charge in [0.05, 0.1) is 18.5 Å². The van der Waals surface area contributed by atoms with E-state index in [0.29, 0.717) is 17.9 Å². The Morgan fingerprint density at radius 2 is 1.81 bits per heavy atom. The number of benzene rings is 2. The minimum Gasteiger partial charge on any atom is -0.497 e. The molecule has 0 unspecified atom stereocenters. The molecular formula is C21H19N3O2. The fourth-order valence-corrected chi connectivity index (χ4v) is 3.08. The molecule has 0 amide bonds. The minimum absolute atomic E-state index is 0.0851. The Morgan fingerprint density at radius 1 is 1.08 bits per heavy atom. The van der Waals surface area contributed by atoms with Crippen molar-refractivity contribution in [3.8, 4) is 22.8 Å². The molecule has 0 aromatic heterocycles. The maximum Gasteiger partial charge on any atom is 0.277 e. The van der Waals surface area contributed by atoms with Crippen LogP contribution < -0.4 is 10.3 Å². The van der Waals surface area contributed by atoms with Gasteiger partial charge in [-0.25, -0.2) is 4.98 Å². The number of H-pyrrole nitrogens is 1. The van der Waals surface area contributed by atoms with E-state index in [2.05, 4.69) is 22.1 Å². The molecule has 0 spiro atoms. The Labute approximate surface area is 151 Å². The van der Waals surface area contributed by atoms with Crippen molar-refractivity contribution in [3.05, 3.63) is 88.1 Å². The lowest BCUT2D eigenvalue weighted by Crippen LogP contribution is -2.16. The van der Waals surface area contributed by atoms with E-state index < -0.39 is 0 Å². The van der Waals surface area contributed by atoms with Gasteiger partial charge in [-0.15, -0.1) is 0 Å². The Kier molecular flexibility index (Phi) is 4.05. The van der Waals surface area contributed by atoms with E-state index in [1.54, 1.807) is 18.6 Å². The van der Waals surface area contributed by atoms with Gasteiger partial charge >= 0.3 is 0 Å². The third kappa shape index (κ3) is 2.88. The van der Waals surface area contributed by atoms with E-state index in [9.17, 15) is 4.79 Å². The molecule has 0 saturated carbocycles. The Hall–Kier alpha value is -3.34. The molecule has 0 radical (unpaired) electrons. The summed E-state index contributed by atoms with van der Waals surface area (Å²) in [6, 6.07) is 17.9. The van der Waals surface area contributed by atoms with Gasteiger partial charge in [0.1, 0.15) is 11.4 Å². The van der Waals surface area contributed by atoms with Crippen molar-refractivity contribution < 1.29 is 4.74 Å². The summed E-state index contributed by atoms with van der Waals surface area (Å²) in [6.07, 6.45) is 2.48. The highest BCUT2D eigenvalue weighted by Gasteiger charge is 2.18. The highest BCUT2D eigenvalue weighted by Crippen LogP contribution is 2.24. The number of aromatic nitrogens is 3. The molecule has 0 bridgehead atoms. The Bertz CT molecular complexity index is 1060. The Balaban J connectivity index is 1.86. The summed E-state index contributed by atoms with van der Waals surface area (Å²) in [5, 5.41) is 0. The van der Waals surface area contributed by atoms with Crippen LogP contribution in [0.15, 0.2) is 65.6 Å². The number of nitrogens with zero attached hydrogens (tertiary/aromatic N) is 2. The van der Waals surface area contributed by atoms with Crippen LogP contribution in [-0.4, -0.2) is 21.6 Å². The lowest BCUT2D eigenvalue weighted by Gasteiger charge is -2.13.